The number of aliphatic hydroxyl groups excluding tert-OH is 1. The number of aliphatic hydroxyl groups is 1. The first-order valence-electron chi connectivity index (χ1n) is 3.81. The summed E-state index contributed by atoms with van der Waals surface area (Å²) in [5.74, 6) is 0.150. The lowest BCUT2D eigenvalue weighted by molar-refractivity contribution is 0.265. The number of rotatable bonds is 2. The van der Waals surface area contributed by atoms with Gasteiger partial charge in [-0.05, 0) is 18.6 Å². The number of phenols is 1. The zero-order chi connectivity index (χ0) is 9.14. The lowest BCUT2D eigenvalue weighted by atomic mass is 10.1. The van der Waals surface area contributed by atoms with Gasteiger partial charge in [-0.2, -0.15) is 0 Å². The minimum absolute atomic E-state index is 0.150. The molecule has 3 nitrogen and oxygen atoms in total. The van der Waals surface area contributed by atoms with Gasteiger partial charge in [-0.25, -0.2) is 0 Å². The molecule has 0 radical (unpaired) electrons. The first kappa shape index (κ1) is 9.03. The molecular weight excluding hydrogens is 154 g/mol. The van der Waals surface area contributed by atoms with Crippen molar-refractivity contribution < 1.29 is 10.2 Å². The van der Waals surface area contributed by atoms with Gasteiger partial charge in [-0.3, -0.25) is 0 Å². The Kier molecular flexibility index (Phi) is 2.68. The maximum absolute atomic E-state index is 9.40. The quantitative estimate of drug-likeness (QED) is 0.607. The Morgan fingerprint density at radius 1 is 1.50 bits per heavy atom. The summed E-state index contributed by atoms with van der Waals surface area (Å²) in [4.78, 5) is 0. The highest BCUT2D eigenvalue weighted by Crippen LogP contribution is 2.23. The van der Waals surface area contributed by atoms with Crippen LogP contribution in [0.3, 0.4) is 0 Å². The van der Waals surface area contributed by atoms with Crippen molar-refractivity contribution in [1.82, 2.24) is 0 Å². The summed E-state index contributed by atoms with van der Waals surface area (Å²) >= 11 is 0. The molecule has 12 heavy (non-hydrogen) atoms. The predicted octanol–water partition coefficient (Wildman–Crippen LogP) is 0.693. The molecule has 1 rings (SSSR count). The Bertz CT molecular complexity index is 273. The molecule has 4 N–H and O–H groups in total. The number of hydrogen-bond donors (Lipinski definition) is 3. The van der Waals surface area contributed by atoms with Crippen molar-refractivity contribution in [2.45, 2.75) is 13.0 Å². The van der Waals surface area contributed by atoms with Crippen LogP contribution in [0, 0.1) is 6.92 Å². The second-order valence-electron chi connectivity index (χ2n) is 2.85. The van der Waals surface area contributed by atoms with Gasteiger partial charge in [-0.1, -0.05) is 12.1 Å². The van der Waals surface area contributed by atoms with Gasteiger partial charge >= 0.3 is 0 Å². The van der Waals surface area contributed by atoms with E-state index in [1.54, 1.807) is 12.1 Å². The van der Waals surface area contributed by atoms with E-state index in [0.717, 1.165) is 5.56 Å². The zero-order valence-electron chi connectivity index (χ0n) is 6.99. The lowest BCUT2D eigenvalue weighted by Crippen LogP contribution is -2.14. The average Bonchev–Trinajstić information content (AvgIpc) is 2.03. The fraction of sp³-hybridized carbons (Fsp3) is 0.333. The lowest BCUT2D eigenvalue weighted by Gasteiger charge is -2.10. The molecule has 0 aliphatic rings. The smallest absolute Gasteiger partial charge is 0.120 e. The van der Waals surface area contributed by atoms with E-state index in [0.29, 0.717) is 5.56 Å². The molecule has 0 heterocycles. The molecule has 66 valence electrons. The molecule has 0 aliphatic carbocycles. The highest BCUT2D eigenvalue weighted by Gasteiger charge is 2.08. The topological polar surface area (TPSA) is 66.5 Å². The second kappa shape index (κ2) is 3.56. The third-order valence-electron chi connectivity index (χ3n) is 1.78. The molecule has 0 unspecified atom stereocenters. The molecule has 0 saturated carbocycles. The first-order chi connectivity index (χ1) is 5.65. The van der Waals surface area contributed by atoms with Gasteiger partial charge in [0.25, 0.3) is 0 Å². The van der Waals surface area contributed by atoms with Gasteiger partial charge in [0.05, 0.1) is 12.6 Å². The Hall–Kier alpha value is -1.06. The van der Waals surface area contributed by atoms with E-state index in [1.165, 1.54) is 0 Å². The van der Waals surface area contributed by atoms with Crippen LogP contribution in [-0.4, -0.2) is 16.8 Å². The summed E-state index contributed by atoms with van der Waals surface area (Å²) in [5.41, 5.74) is 7.09. The van der Waals surface area contributed by atoms with Crippen LogP contribution in [0.25, 0.3) is 0 Å². The largest absolute Gasteiger partial charge is 0.508 e. The maximum Gasteiger partial charge on any atom is 0.120 e. The normalized spacial score (nSPS) is 12.9. The summed E-state index contributed by atoms with van der Waals surface area (Å²) in [6.07, 6.45) is 0. The van der Waals surface area contributed by atoms with E-state index in [1.807, 2.05) is 13.0 Å². The van der Waals surface area contributed by atoms with Crippen molar-refractivity contribution in [1.29, 1.82) is 0 Å². The van der Waals surface area contributed by atoms with Gasteiger partial charge in [0.1, 0.15) is 5.75 Å². The molecule has 0 amide bonds. The highest BCUT2D eigenvalue weighted by molar-refractivity contribution is 5.37. The summed E-state index contributed by atoms with van der Waals surface area (Å²) in [5, 5.41) is 18.1. The molecule has 0 aromatic heterocycles. The fourth-order valence-corrected chi connectivity index (χ4v) is 1.07. The molecule has 1 atom stereocenters. The molecule has 0 fully saturated rings. The molecular formula is C9H13NO2. The van der Waals surface area contributed by atoms with Crippen LogP contribution in [0.15, 0.2) is 18.2 Å². The number of aromatic hydroxyl groups is 1. The monoisotopic (exact) mass is 167 g/mol. The van der Waals surface area contributed by atoms with Gasteiger partial charge < -0.3 is 15.9 Å². The van der Waals surface area contributed by atoms with Crippen LogP contribution in [0.5, 0.6) is 5.75 Å². The summed E-state index contributed by atoms with van der Waals surface area (Å²) in [7, 11) is 0. The SMILES string of the molecule is Cc1ccc([C@@H](N)CO)c(O)c1. The van der Waals surface area contributed by atoms with Crippen molar-refractivity contribution in [2.75, 3.05) is 6.61 Å². The Labute approximate surface area is 71.5 Å². The first-order valence-corrected chi connectivity index (χ1v) is 3.81. The van der Waals surface area contributed by atoms with E-state index < -0.39 is 6.04 Å². The fourth-order valence-electron chi connectivity index (χ4n) is 1.07. The number of phenolic OH excluding ortho intramolecular Hbond substituents is 1. The van der Waals surface area contributed by atoms with E-state index in [9.17, 15) is 5.11 Å². The average molecular weight is 167 g/mol. The van der Waals surface area contributed by atoms with Crippen LogP contribution < -0.4 is 5.73 Å². The summed E-state index contributed by atoms with van der Waals surface area (Å²) in [6, 6.07) is 4.71. The number of nitrogens with two attached hydrogens (primary N) is 1. The van der Waals surface area contributed by atoms with E-state index in [4.69, 9.17) is 10.8 Å². The van der Waals surface area contributed by atoms with Crippen LogP contribution in [-0.2, 0) is 0 Å². The molecule has 1 aromatic rings. The highest BCUT2D eigenvalue weighted by atomic mass is 16.3. The molecule has 0 saturated heterocycles. The van der Waals surface area contributed by atoms with E-state index >= 15 is 0 Å². The van der Waals surface area contributed by atoms with Crippen molar-refractivity contribution in [3.8, 4) is 5.75 Å². The molecule has 0 bridgehead atoms. The minimum atomic E-state index is -0.495. The zero-order valence-corrected chi connectivity index (χ0v) is 6.99. The molecule has 1 aromatic carbocycles. The molecule has 3 heteroatoms. The van der Waals surface area contributed by atoms with Crippen molar-refractivity contribution in [3.05, 3.63) is 29.3 Å². The third kappa shape index (κ3) is 1.75. The van der Waals surface area contributed by atoms with Crippen LogP contribution in [0.4, 0.5) is 0 Å². The van der Waals surface area contributed by atoms with Gasteiger partial charge in [0.2, 0.25) is 0 Å². The minimum Gasteiger partial charge on any atom is -0.508 e. The van der Waals surface area contributed by atoms with Crippen molar-refractivity contribution in [3.63, 3.8) is 0 Å². The number of hydrogen-bond acceptors (Lipinski definition) is 3. The van der Waals surface area contributed by atoms with Crippen LogP contribution >= 0.6 is 0 Å². The predicted molar refractivity (Wildman–Crippen MR) is 46.9 cm³/mol. The van der Waals surface area contributed by atoms with E-state index in [2.05, 4.69) is 0 Å². The number of aryl methyl sites for hydroxylation is 1. The Morgan fingerprint density at radius 2 is 2.17 bits per heavy atom. The van der Waals surface area contributed by atoms with Crippen molar-refractivity contribution >= 4 is 0 Å². The second-order valence-corrected chi connectivity index (χ2v) is 2.85. The third-order valence-corrected chi connectivity index (χ3v) is 1.78. The number of benzene rings is 1. The summed E-state index contributed by atoms with van der Waals surface area (Å²) in [6.45, 7) is 1.73. The van der Waals surface area contributed by atoms with Crippen molar-refractivity contribution in [2.24, 2.45) is 5.73 Å². The van der Waals surface area contributed by atoms with E-state index in [-0.39, 0.29) is 12.4 Å². The van der Waals surface area contributed by atoms with Gasteiger partial charge in [0, 0.05) is 5.56 Å². The van der Waals surface area contributed by atoms with Crippen LogP contribution in [0.2, 0.25) is 0 Å². The van der Waals surface area contributed by atoms with Gasteiger partial charge in [0.15, 0.2) is 0 Å². The maximum atomic E-state index is 9.40. The molecule has 0 spiro atoms. The van der Waals surface area contributed by atoms with Crippen LogP contribution in [0.1, 0.15) is 17.2 Å². The standard InChI is InChI=1S/C9H13NO2/c1-6-2-3-7(8(10)5-11)9(12)4-6/h2-4,8,11-12H,5,10H2,1H3/t8-/m0/s1. The summed E-state index contributed by atoms with van der Waals surface area (Å²) < 4.78 is 0. The van der Waals surface area contributed by atoms with Gasteiger partial charge in [-0.15, -0.1) is 0 Å². The Morgan fingerprint density at radius 3 is 2.67 bits per heavy atom. The molecule has 0 aliphatic heterocycles. The Balaban J connectivity index is 3.01.